The molecule has 0 aliphatic heterocycles. The summed E-state index contributed by atoms with van der Waals surface area (Å²) < 4.78 is 2.57. The Balaban J connectivity index is 1.77. The Morgan fingerprint density at radius 1 is 1.39 bits per heavy atom. The zero-order valence-electron chi connectivity index (χ0n) is 15.7. The molecule has 0 atom stereocenters. The average molecular weight is 483 g/mol. The molecule has 148 valence electrons. The van der Waals surface area contributed by atoms with Gasteiger partial charge in [-0.15, -0.1) is 0 Å². The van der Waals surface area contributed by atoms with Crippen molar-refractivity contribution in [1.82, 2.24) is 19.5 Å². The third-order valence-corrected chi connectivity index (χ3v) is 5.67. The number of amides is 1. The molecule has 1 amide bonds. The van der Waals surface area contributed by atoms with E-state index >= 15 is 0 Å². The molecular weight excluding hydrogens is 462 g/mol. The van der Waals surface area contributed by atoms with Crippen molar-refractivity contribution in [3.8, 4) is 11.3 Å². The van der Waals surface area contributed by atoms with Gasteiger partial charge in [0.15, 0.2) is 5.65 Å². The van der Waals surface area contributed by atoms with Gasteiger partial charge in [-0.05, 0) is 34.7 Å². The van der Waals surface area contributed by atoms with E-state index in [0.29, 0.717) is 29.5 Å². The summed E-state index contributed by atoms with van der Waals surface area (Å²) in [7, 11) is 1.84. The second-order valence-electron chi connectivity index (χ2n) is 6.26. The molecule has 3 rings (SSSR count). The molecule has 0 fully saturated rings. The van der Waals surface area contributed by atoms with E-state index in [1.165, 1.54) is 11.8 Å². The monoisotopic (exact) mass is 481 g/mol. The molecule has 6 nitrogen and oxygen atoms in total. The molecule has 1 aromatic carbocycles. The number of fused-ring (bicyclic) bond motifs is 1. The van der Waals surface area contributed by atoms with Crippen LogP contribution in [0.3, 0.4) is 0 Å². The summed E-state index contributed by atoms with van der Waals surface area (Å²) in [6.45, 7) is 1.40. The number of carbonyl (C=O) groups excluding carboxylic acids is 1. The Kier molecular flexibility index (Phi) is 7.20. The Morgan fingerprint density at radius 2 is 2.18 bits per heavy atom. The van der Waals surface area contributed by atoms with Gasteiger partial charge in [-0.25, -0.2) is 4.98 Å². The van der Waals surface area contributed by atoms with E-state index < -0.39 is 0 Å². The molecule has 0 aliphatic carbocycles. The average Bonchev–Trinajstić information content (AvgIpc) is 3.06. The standard InChI is InChI=1S/C19H21BrClN5OS/c1-25(18(27)12-28-2)9-5-8-22-17-10-16(13-6-3-4-7-15(13)21)24-19-14(20)11-23-26(17)19/h3-4,6-7,10-11,22H,5,8-9,12H2,1-2H3. The Bertz CT molecular complexity index is 980. The molecular formula is C19H21BrClN5OS. The van der Waals surface area contributed by atoms with Crippen LogP contribution < -0.4 is 5.32 Å². The maximum Gasteiger partial charge on any atom is 0.232 e. The second-order valence-corrected chi connectivity index (χ2v) is 8.39. The Labute approximate surface area is 181 Å². The van der Waals surface area contributed by atoms with Crippen molar-refractivity contribution in [1.29, 1.82) is 0 Å². The maximum absolute atomic E-state index is 11.9. The number of aromatic nitrogens is 3. The number of benzene rings is 1. The molecule has 0 bridgehead atoms. The normalized spacial score (nSPS) is 11.0. The lowest BCUT2D eigenvalue weighted by Gasteiger charge is -2.17. The third-order valence-electron chi connectivity index (χ3n) is 4.25. The lowest BCUT2D eigenvalue weighted by Crippen LogP contribution is -2.30. The van der Waals surface area contributed by atoms with Crippen LogP contribution in [0.15, 0.2) is 41.0 Å². The van der Waals surface area contributed by atoms with E-state index in [0.717, 1.165) is 28.0 Å². The van der Waals surface area contributed by atoms with E-state index in [1.807, 2.05) is 43.6 Å². The van der Waals surface area contributed by atoms with Crippen LogP contribution in [0.2, 0.25) is 5.02 Å². The number of anilines is 1. The third kappa shape index (κ3) is 4.79. The lowest BCUT2D eigenvalue weighted by atomic mass is 10.1. The molecule has 9 heteroatoms. The summed E-state index contributed by atoms with van der Waals surface area (Å²) in [5.41, 5.74) is 2.35. The molecule has 2 aromatic heterocycles. The summed E-state index contributed by atoms with van der Waals surface area (Å²) in [4.78, 5) is 18.3. The van der Waals surface area contributed by atoms with Crippen molar-refractivity contribution in [2.45, 2.75) is 6.42 Å². The first-order chi connectivity index (χ1) is 13.5. The Morgan fingerprint density at radius 3 is 2.93 bits per heavy atom. The van der Waals surface area contributed by atoms with Gasteiger partial charge in [0.05, 0.1) is 22.1 Å². The first kappa shape index (κ1) is 21.0. The molecule has 28 heavy (non-hydrogen) atoms. The van der Waals surface area contributed by atoms with E-state index in [-0.39, 0.29) is 5.91 Å². The minimum atomic E-state index is 0.149. The number of rotatable bonds is 8. The van der Waals surface area contributed by atoms with Crippen LogP contribution >= 0.6 is 39.3 Å². The predicted octanol–water partition coefficient (Wildman–Crippen LogP) is 4.44. The largest absolute Gasteiger partial charge is 0.370 e. The van der Waals surface area contributed by atoms with E-state index in [2.05, 4.69) is 26.3 Å². The SMILES string of the molecule is CSCC(=O)N(C)CCCNc1cc(-c2ccccc2Cl)nc2c(Br)cnn12. The van der Waals surface area contributed by atoms with Crippen molar-refractivity contribution in [3.63, 3.8) is 0 Å². The molecule has 0 unspecified atom stereocenters. The van der Waals surface area contributed by atoms with Gasteiger partial charge < -0.3 is 10.2 Å². The van der Waals surface area contributed by atoms with Crippen LogP contribution in [0.5, 0.6) is 0 Å². The van der Waals surface area contributed by atoms with Crippen molar-refractivity contribution in [2.75, 3.05) is 37.5 Å². The van der Waals surface area contributed by atoms with E-state index in [1.54, 1.807) is 15.6 Å². The fraction of sp³-hybridized carbons (Fsp3) is 0.316. The van der Waals surface area contributed by atoms with Crippen molar-refractivity contribution in [2.24, 2.45) is 0 Å². The molecule has 1 N–H and O–H groups in total. The van der Waals surface area contributed by atoms with Gasteiger partial charge in [0, 0.05) is 36.8 Å². The second kappa shape index (κ2) is 9.62. The van der Waals surface area contributed by atoms with Gasteiger partial charge in [0.1, 0.15) is 5.82 Å². The van der Waals surface area contributed by atoms with Gasteiger partial charge in [-0.2, -0.15) is 21.4 Å². The van der Waals surface area contributed by atoms with Gasteiger partial charge in [-0.3, -0.25) is 4.79 Å². The van der Waals surface area contributed by atoms with Gasteiger partial charge in [0.2, 0.25) is 5.91 Å². The van der Waals surface area contributed by atoms with Gasteiger partial charge in [0.25, 0.3) is 0 Å². The highest BCUT2D eigenvalue weighted by atomic mass is 79.9. The number of carbonyl (C=O) groups is 1. The topological polar surface area (TPSA) is 62.5 Å². The highest BCUT2D eigenvalue weighted by Crippen LogP contribution is 2.30. The highest BCUT2D eigenvalue weighted by Gasteiger charge is 2.13. The van der Waals surface area contributed by atoms with Crippen molar-refractivity contribution < 1.29 is 4.79 Å². The van der Waals surface area contributed by atoms with Gasteiger partial charge >= 0.3 is 0 Å². The fourth-order valence-corrected chi connectivity index (χ4v) is 3.81. The first-order valence-corrected chi connectivity index (χ1v) is 11.3. The molecule has 0 spiro atoms. The number of hydrogen-bond acceptors (Lipinski definition) is 5. The summed E-state index contributed by atoms with van der Waals surface area (Å²) in [6.07, 6.45) is 4.48. The number of hydrogen-bond donors (Lipinski definition) is 1. The fourth-order valence-electron chi connectivity index (χ4n) is 2.76. The summed E-state index contributed by atoms with van der Waals surface area (Å²) in [5.74, 6) is 1.48. The summed E-state index contributed by atoms with van der Waals surface area (Å²) >= 11 is 11.4. The predicted molar refractivity (Wildman–Crippen MR) is 120 cm³/mol. The highest BCUT2D eigenvalue weighted by molar-refractivity contribution is 9.10. The molecule has 0 radical (unpaired) electrons. The van der Waals surface area contributed by atoms with Crippen LogP contribution in [0, 0.1) is 0 Å². The molecule has 0 aliphatic rings. The van der Waals surface area contributed by atoms with Crippen molar-refractivity contribution in [3.05, 3.63) is 46.0 Å². The zero-order valence-corrected chi connectivity index (χ0v) is 18.8. The smallest absolute Gasteiger partial charge is 0.232 e. The van der Waals surface area contributed by atoms with Crippen LogP contribution in [0.4, 0.5) is 5.82 Å². The number of thioether (sulfide) groups is 1. The number of halogens is 2. The molecule has 0 saturated heterocycles. The first-order valence-electron chi connectivity index (χ1n) is 8.77. The molecule has 0 saturated carbocycles. The van der Waals surface area contributed by atoms with Crippen molar-refractivity contribution >= 4 is 56.7 Å². The number of nitrogens with one attached hydrogen (secondary N) is 1. The Hall–Kier alpha value is -1.77. The van der Waals surface area contributed by atoms with Crippen LogP contribution in [0.25, 0.3) is 16.9 Å². The molecule has 3 aromatic rings. The van der Waals surface area contributed by atoms with Crippen LogP contribution in [-0.2, 0) is 4.79 Å². The lowest BCUT2D eigenvalue weighted by molar-refractivity contribution is -0.127. The minimum absolute atomic E-state index is 0.149. The van der Waals surface area contributed by atoms with Gasteiger partial charge in [-0.1, -0.05) is 29.8 Å². The van der Waals surface area contributed by atoms with E-state index in [9.17, 15) is 4.79 Å². The zero-order chi connectivity index (χ0) is 20.1. The summed E-state index contributed by atoms with van der Waals surface area (Å²) in [5, 5.41) is 8.44. The van der Waals surface area contributed by atoms with Crippen LogP contribution in [-0.4, -0.2) is 57.6 Å². The van der Waals surface area contributed by atoms with E-state index in [4.69, 9.17) is 16.6 Å². The molecule has 2 heterocycles. The quantitative estimate of drug-likeness (QED) is 0.481. The minimum Gasteiger partial charge on any atom is -0.370 e. The summed E-state index contributed by atoms with van der Waals surface area (Å²) in [6, 6.07) is 9.57. The van der Waals surface area contributed by atoms with Crippen LogP contribution in [0.1, 0.15) is 6.42 Å². The maximum atomic E-state index is 11.9. The number of nitrogens with zero attached hydrogens (tertiary/aromatic N) is 4.